The molecule has 32 heavy (non-hydrogen) atoms. The molecule has 0 amide bonds. The fourth-order valence-electron chi connectivity index (χ4n) is 3.66. The number of fused-ring (bicyclic) bond motifs is 1. The highest BCUT2D eigenvalue weighted by Crippen LogP contribution is 2.35. The number of anilines is 1. The zero-order valence-electron chi connectivity index (χ0n) is 17.5. The van der Waals surface area contributed by atoms with Crippen LogP contribution in [0.5, 0.6) is 5.75 Å². The van der Waals surface area contributed by atoms with E-state index >= 15 is 0 Å². The number of sulfonamides is 1. The Labute approximate surface area is 186 Å². The molecule has 0 atom stereocenters. The minimum atomic E-state index is -3.91. The van der Waals surface area contributed by atoms with Gasteiger partial charge in [-0.2, -0.15) is 0 Å². The molecule has 0 bridgehead atoms. The first-order valence-corrected chi connectivity index (χ1v) is 11.3. The zero-order valence-corrected chi connectivity index (χ0v) is 18.3. The number of methoxy groups -OCH3 is 1. The third-order valence-corrected chi connectivity index (χ3v) is 6.60. The van der Waals surface area contributed by atoms with E-state index in [1.54, 1.807) is 36.4 Å². The molecular formula is C25H21NO5S. The quantitative estimate of drug-likeness (QED) is 0.417. The predicted molar refractivity (Wildman–Crippen MR) is 125 cm³/mol. The molecule has 6 nitrogen and oxygen atoms in total. The lowest BCUT2D eigenvalue weighted by atomic mass is 9.96. The van der Waals surface area contributed by atoms with Crippen LogP contribution >= 0.6 is 0 Å². The average molecular weight is 448 g/mol. The van der Waals surface area contributed by atoms with Crippen molar-refractivity contribution in [3.05, 3.63) is 90.0 Å². The fourth-order valence-corrected chi connectivity index (χ4v) is 4.89. The largest absolute Gasteiger partial charge is 0.495 e. The molecule has 0 fully saturated rings. The van der Waals surface area contributed by atoms with Gasteiger partial charge in [-0.1, -0.05) is 48.5 Å². The molecule has 0 aliphatic carbocycles. The Bertz CT molecular complexity index is 1440. The van der Waals surface area contributed by atoms with Crippen LogP contribution in [0.3, 0.4) is 0 Å². The SMILES string of the molecule is COc1cc(C)ccc1S(=O)(=O)Nc1ccc(-c2cccc(C(=O)O)c2)c2ccccc12. The van der Waals surface area contributed by atoms with Crippen molar-refractivity contribution in [2.45, 2.75) is 11.8 Å². The normalized spacial score (nSPS) is 11.3. The molecule has 0 heterocycles. The predicted octanol–water partition coefficient (Wildman–Crippen LogP) is 5.32. The number of carboxylic acids is 1. The van der Waals surface area contributed by atoms with E-state index in [1.807, 2.05) is 37.3 Å². The van der Waals surface area contributed by atoms with E-state index in [1.165, 1.54) is 19.2 Å². The number of nitrogens with one attached hydrogen (secondary N) is 1. The Kier molecular flexibility index (Phi) is 5.59. The number of benzene rings is 4. The minimum Gasteiger partial charge on any atom is -0.495 e. The topological polar surface area (TPSA) is 92.7 Å². The number of ether oxygens (including phenoxy) is 1. The van der Waals surface area contributed by atoms with Crippen LogP contribution in [0.1, 0.15) is 15.9 Å². The van der Waals surface area contributed by atoms with Crippen molar-refractivity contribution in [1.29, 1.82) is 0 Å². The van der Waals surface area contributed by atoms with E-state index in [9.17, 15) is 18.3 Å². The molecule has 162 valence electrons. The number of hydrogen-bond acceptors (Lipinski definition) is 4. The van der Waals surface area contributed by atoms with Crippen molar-refractivity contribution in [3.8, 4) is 16.9 Å². The summed E-state index contributed by atoms with van der Waals surface area (Å²) in [7, 11) is -2.48. The highest BCUT2D eigenvalue weighted by atomic mass is 32.2. The van der Waals surface area contributed by atoms with Gasteiger partial charge in [0.25, 0.3) is 10.0 Å². The number of carboxylic acid groups (broad SMARTS) is 1. The highest BCUT2D eigenvalue weighted by molar-refractivity contribution is 7.92. The molecule has 4 aromatic carbocycles. The van der Waals surface area contributed by atoms with E-state index < -0.39 is 16.0 Å². The van der Waals surface area contributed by atoms with Gasteiger partial charge in [0.1, 0.15) is 10.6 Å². The van der Waals surface area contributed by atoms with E-state index in [2.05, 4.69) is 4.72 Å². The Hall–Kier alpha value is -3.84. The molecule has 7 heteroatoms. The maximum Gasteiger partial charge on any atom is 0.335 e. The lowest BCUT2D eigenvalue weighted by molar-refractivity contribution is 0.0697. The number of aromatic carboxylic acids is 1. The third-order valence-electron chi connectivity index (χ3n) is 5.20. The van der Waals surface area contributed by atoms with Crippen molar-refractivity contribution < 1.29 is 23.1 Å². The van der Waals surface area contributed by atoms with E-state index in [4.69, 9.17) is 4.74 Å². The molecule has 0 unspecified atom stereocenters. The maximum absolute atomic E-state index is 13.2. The van der Waals surface area contributed by atoms with E-state index in [-0.39, 0.29) is 16.2 Å². The molecule has 0 aliphatic rings. The molecule has 4 aromatic rings. The highest BCUT2D eigenvalue weighted by Gasteiger charge is 2.21. The molecule has 0 aromatic heterocycles. The van der Waals surface area contributed by atoms with Gasteiger partial charge in [-0.25, -0.2) is 13.2 Å². The fraction of sp³-hybridized carbons (Fsp3) is 0.0800. The summed E-state index contributed by atoms with van der Waals surface area (Å²) in [4.78, 5) is 11.4. The summed E-state index contributed by atoms with van der Waals surface area (Å²) in [6.45, 7) is 1.86. The van der Waals surface area contributed by atoms with Crippen molar-refractivity contribution in [3.63, 3.8) is 0 Å². The number of aryl methyl sites for hydroxylation is 1. The maximum atomic E-state index is 13.2. The first-order chi connectivity index (χ1) is 15.3. The van der Waals surface area contributed by atoms with Crippen molar-refractivity contribution in [2.75, 3.05) is 11.8 Å². The second-order valence-corrected chi connectivity index (χ2v) is 9.00. The third kappa shape index (κ3) is 4.02. The second-order valence-electron chi connectivity index (χ2n) is 7.35. The average Bonchev–Trinajstić information content (AvgIpc) is 2.79. The van der Waals surface area contributed by atoms with Gasteiger partial charge < -0.3 is 9.84 Å². The summed E-state index contributed by atoms with van der Waals surface area (Å²) < 4.78 is 34.3. The van der Waals surface area contributed by atoms with Gasteiger partial charge in [-0.05, 0) is 59.3 Å². The monoisotopic (exact) mass is 447 g/mol. The second kappa shape index (κ2) is 8.36. The summed E-state index contributed by atoms with van der Waals surface area (Å²) in [6.07, 6.45) is 0. The number of rotatable bonds is 6. The van der Waals surface area contributed by atoms with E-state index in [0.29, 0.717) is 11.1 Å². The van der Waals surface area contributed by atoms with Crippen LogP contribution in [0.2, 0.25) is 0 Å². The van der Waals surface area contributed by atoms with Crippen LogP contribution in [-0.2, 0) is 10.0 Å². The van der Waals surface area contributed by atoms with Crippen molar-refractivity contribution in [1.82, 2.24) is 0 Å². The lowest BCUT2D eigenvalue weighted by Gasteiger charge is -2.15. The first-order valence-electron chi connectivity index (χ1n) is 9.83. The van der Waals surface area contributed by atoms with Gasteiger partial charge in [0.2, 0.25) is 0 Å². The summed E-state index contributed by atoms with van der Waals surface area (Å²) in [5.74, 6) is -0.739. The zero-order chi connectivity index (χ0) is 22.9. The van der Waals surface area contributed by atoms with Gasteiger partial charge in [-0.3, -0.25) is 4.72 Å². The Morgan fingerprint density at radius 2 is 1.66 bits per heavy atom. The standard InChI is InChI=1S/C25H21NO5S/c1-16-10-13-24(23(14-16)31-2)32(29,30)26-22-12-11-19(20-8-3-4-9-21(20)22)17-6-5-7-18(15-17)25(27)28/h3-15,26H,1-2H3,(H,27,28). The summed E-state index contributed by atoms with van der Waals surface area (Å²) in [5, 5.41) is 10.8. The van der Waals surface area contributed by atoms with Crippen LogP contribution in [0.15, 0.2) is 83.8 Å². The number of carbonyl (C=O) groups is 1. The van der Waals surface area contributed by atoms with Gasteiger partial charge in [0.05, 0.1) is 18.4 Å². The number of hydrogen-bond donors (Lipinski definition) is 2. The summed E-state index contributed by atoms with van der Waals surface area (Å²) in [5.41, 5.74) is 3.03. The Morgan fingerprint density at radius 1 is 0.906 bits per heavy atom. The van der Waals surface area contributed by atoms with Crippen LogP contribution in [0, 0.1) is 6.92 Å². The summed E-state index contributed by atoms with van der Waals surface area (Å²) >= 11 is 0. The van der Waals surface area contributed by atoms with Gasteiger partial charge in [-0.15, -0.1) is 0 Å². The molecule has 0 spiro atoms. The van der Waals surface area contributed by atoms with Crippen LogP contribution in [0.4, 0.5) is 5.69 Å². The smallest absolute Gasteiger partial charge is 0.335 e. The summed E-state index contributed by atoms with van der Waals surface area (Å²) in [6, 6.07) is 22.4. The van der Waals surface area contributed by atoms with Crippen LogP contribution in [-0.4, -0.2) is 26.6 Å². The van der Waals surface area contributed by atoms with Crippen LogP contribution < -0.4 is 9.46 Å². The molecule has 0 saturated carbocycles. The Balaban J connectivity index is 1.82. The Morgan fingerprint density at radius 3 is 2.38 bits per heavy atom. The van der Waals surface area contributed by atoms with Gasteiger partial charge >= 0.3 is 5.97 Å². The molecule has 0 aliphatic heterocycles. The van der Waals surface area contributed by atoms with Crippen molar-refractivity contribution in [2.24, 2.45) is 0 Å². The lowest BCUT2D eigenvalue weighted by Crippen LogP contribution is -2.14. The van der Waals surface area contributed by atoms with Crippen molar-refractivity contribution >= 4 is 32.5 Å². The minimum absolute atomic E-state index is 0.0490. The molecule has 2 N–H and O–H groups in total. The van der Waals surface area contributed by atoms with Gasteiger partial charge in [0, 0.05) is 5.39 Å². The molecule has 4 rings (SSSR count). The molecule has 0 radical (unpaired) electrons. The molecular weight excluding hydrogens is 426 g/mol. The molecule has 0 saturated heterocycles. The van der Waals surface area contributed by atoms with Gasteiger partial charge in [0.15, 0.2) is 0 Å². The van der Waals surface area contributed by atoms with Crippen LogP contribution in [0.25, 0.3) is 21.9 Å². The van der Waals surface area contributed by atoms with E-state index in [0.717, 1.165) is 22.1 Å². The first kappa shape index (κ1) is 21.4.